The van der Waals surface area contributed by atoms with E-state index in [9.17, 15) is 19.5 Å². The molecule has 6 atom stereocenters. The summed E-state index contributed by atoms with van der Waals surface area (Å²) in [6, 6.07) is 23.3. The fourth-order valence-electron chi connectivity index (χ4n) is 6.81. The highest BCUT2D eigenvalue weighted by Gasteiger charge is 2.43. The molecule has 3 aliphatic rings. The lowest BCUT2D eigenvalue weighted by atomic mass is 9.90. The van der Waals surface area contributed by atoms with Gasteiger partial charge in [-0.05, 0) is 48.2 Å². The summed E-state index contributed by atoms with van der Waals surface area (Å²) >= 11 is 0. The Morgan fingerprint density at radius 1 is 0.979 bits per heavy atom. The summed E-state index contributed by atoms with van der Waals surface area (Å²) in [5.41, 5.74) is 3.63. The van der Waals surface area contributed by atoms with Crippen molar-refractivity contribution in [1.82, 2.24) is 10.2 Å². The smallest absolute Gasteiger partial charge is 0.408 e. The first-order valence-corrected chi connectivity index (χ1v) is 16.5. The minimum atomic E-state index is -1.04. The summed E-state index contributed by atoms with van der Waals surface area (Å²) in [6.45, 7) is 4.46. The molecule has 11 nitrogen and oxygen atoms in total. The molecule has 0 saturated carbocycles. The van der Waals surface area contributed by atoms with Crippen molar-refractivity contribution in [1.29, 1.82) is 0 Å². The van der Waals surface area contributed by atoms with Crippen LogP contribution in [-0.2, 0) is 41.8 Å². The summed E-state index contributed by atoms with van der Waals surface area (Å²) in [7, 11) is 1.73. The van der Waals surface area contributed by atoms with E-state index in [1.54, 1.807) is 25.3 Å². The van der Waals surface area contributed by atoms with Crippen molar-refractivity contribution in [3.05, 3.63) is 101 Å². The number of rotatable bonds is 11. The normalized spacial score (nSPS) is 26.2. The number of likely N-dealkylation sites (tertiary alicyclic amines) is 1. The van der Waals surface area contributed by atoms with E-state index in [1.165, 1.54) is 0 Å². The summed E-state index contributed by atoms with van der Waals surface area (Å²) in [5, 5.41) is 12.1. The van der Waals surface area contributed by atoms with Crippen molar-refractivity contribution >= 4 is 23.6 Å². The average Bonchev–Trinajstić information content (AvgIpc) is 3.66. The van der Waals surface area contributed by atoms with Gasteiger partial charge in [-0.1, -0.05) is 73.7 Å². The van der Waals surface area contributed by atoms with Gasteiger partial charge in [0.25, 0.3) is 5.91 Å². The molecule has 2 N–H and O–H groups in total. The number of anilines is 1. The van der Waals surface area contributed by atoms with Gasteiger partial charge in [0.15, 0.2) is 6.29 Å². The van der Waals surface area contributed by atoms with Gasteiger partial charge in [-0.3, -0.25) is 14.5 Å². The number of amides is 3. The molecule has 1 unspecified atom stereocenters. The Morgan fingerprint density at radius 2 is 1.77 bits per heavy atom. The Hall–Kier alpha value is -4.13. The van der Waals surface area contributed by atoms with Gasteiger partial charge < -0.3 is 29.4 Å². The number of hydrogen-bond acceptors (Lipinski definition) is 9. The predicted octanol–water partition coefficient (Wildman–Crippen LogP) is 4.64. The van der Waals surface area contributed by atoms with E-state index in [0.29, 0.717) is 30.4 Å². The first-order valence-electron chi connectivity index (χ1n) is 16.5. The highest BCUT2D eigenvalue weighted by atomic mass is 16.7. The molecule has 0 aliphatic carbocycles. The van der Waals surface area contributed by atoms with Crippen LogP contribution in [0.3, 0.4) is 0 Å². The number of ether oxygens (including phenoxy) is 4. The van der Waals surface area contributed by atoms with Gasteiger partial charge in [0.2, 0.25) is 5.91 Å². The molecule has 0 bridgehead atoms. The van der Waals surface area contributed by atoms with Crippen LogP contribution in [-0.4, -0.2) is 72.9 Å². The number of nitrogens with zero attached hydrogens (tertiary/aromatic N) is 2. The predicted molar refractivity (Wildman–Crippen MR) is 177 cm³/mol. The second-order valence-electron chi connectivity index (χ2n) is 12.7. The number of nitrogens with one attached hydrogen (secondary N) is 1. The summed E-state index contributed by atoms with van der Waals surface area (Å²) in [5.74, 6) is -0.961. The minimum absolute atomic E-state index is 0.00317. The molecule has 3 saturated heterocycles. The van der Waals surface area contributed by atoms with Crippen LogP contribution in [0.15, 0.2) is 78.9 Å². The molecule has 3 heterocycles. The van der Waals surface area contributed by atoms with E-state index >= 15 is 0 Å². The largest absolute Gasteiger partial charge is 0.445 e. The number of carbonyl (C=O) groups is 3. The zero-order valence-electron chi connectivity index (χ0n) is 27.3. The van der Waals surface area contributed by atoms with Crippen molar-refractivity contribution in [2.24, 2.45) is 5.92 Å². The number of hydrogen-bond donors (Lipinski definition) is 2. The minimum Gasteiger partial charge on any atom is -0.445 e. The molecule has 0 radical (unpaired) electrons. The zero-order chi connectivity index (χ0) is 33.6. The van der Waals surface area contributed by atoms with E-state index in [4.69, 9.17) is 18.9 Å². The van der Waals surface area contributed by atoms with E-state index in [2.05, 4.69) is 17.1 Å². The molecule has 0 spiro atoms. The summed E-state index contributed by atoms with van der Waals surface area (Å²) in [4.78, 5) is 42.5. The maximum atomic E-state index is 13.4. The molecule has 3 amide bonds. The first kappa shape index (κ1) is 33.8. The first-order chi connectivity index (χ1) is 23.3. The number of aliphatic hydroxyl groups is 1. The molecule has 11 heteroatoms. The van der Waals surface area contributed by atoms with Gasteiger partial charge >= 0.3 is 6.09 Å². The summed E-state index contributed by atoms with van der Waals surface area (Å²) < 4.78 is 24.1. The lowest BCUT2D eigenvalue weighted by molar-refractivity contribution is -0.276. The third kappa shape index (κ3) is 7.61. The van der Waals surface area contributed by atoms with Crippen LogP contribution in [0, 0.1) is 5.92 Å². The number of imide groups is 1. The molecule has 3 fully saturated rings. The van der Waals surface area contributed by atoms with E-state index in [0.717, 1.165) is 41.0 Å². The highest BCUT2D eigenvalue weighted by molar-refractivity contribution is 6.22. The third-order valence-electron chi connectivity index (χ3n) is 9.45. The van der Waals surface area contributed by atoms with Gasteiger partial charge in [-0.25, -0.2) is 9.69 Å². The number of aliphatic hydroxyl groups excluding tert-OH is 1. The van der Waals surface area contributed by atoms with E-state index in [1.807, 2.05) is 60.7 Å². The lowest BCUT2D eigenvalue weighted by Crippen LogP contribution is -2.46. The molecule has 3 aromatic rings. The molecule has 48 heavy (non-hydrogen) atoms. The second-order valence-corrected chi connectivity index (χ2v) is 12.7. The molecular formula is C37H43N3O8. The fourth-order valence-corrected chi connectivity index (χ4v) is 6.81. The Balaban J connectivity index is 1.19. The van der Waals surface area contributed by atoms with Crippen LogP contribution in [0.1, 0.15) is 60.8 Å². The Labute approximate surface area is 280 Å². The second kappa shape index (κ2) is 15.4. The summed E-state index contributed by atoms with van der Waals surface area (Å²) in [6.07, 6.45) is -0.0371. The third-order valence-corrected chi connectivity index (χ3v) is 9.45. The molecule has 3 aliphatic heterocycles. The molecule has 0 aromatic heterocycles. The SMILES string of the molecule is COC[C@@H]1CCCN1C[C@H]1O[C@@H](c2cccc(N3C(=O)CC(NC(=O)OCc4ccccc4)C3=O)c2)O[C@@H](c2ccc(CO)cc2)[C@H]1C. The van der Waals surface area contributed by atoms with Crippen molar-refractivity contribution in [3.63, 3.8) is 0 Å². The van der Waals surface area contributed by atoms with Crippen molar-refractivity contribution < 1.29 is 38.4 Å². The van der Waals surface area contributed by atoms with Crippen LogP contribution < -0.4 is 10.2 Å². The Kier molecular flexibility index (Phi) is 10.8. The molecule has 3 aromatic carbocycles. The van der Waals surface area contributed by atoms with Crippen molar-refractivity contribution in [2.45, 2.75) is 70.0 Å². The van der Waals surface area contributed by atoms with Crippen LogP contribution in [0.25, 0.3) is 0 Å². The Morgan fingerprint density at radius 3 is 2.52 bits per heavy atom. The number of methoxy groups -OCH3 is 1. The van der Waals surface area contributed by atoms with Gasteiger partial charge in [0, 0.05) is 31.2 Å². The van der Waals surface area contributed by atoms with Crippen LogP contribution in [0.2, 0.25) is 0 Å². The van der Waals surface area contributed by atoms with Crippen LogP contribution >= 0.6 is 0 Å². The highest BCUT2D eigenvalue weighted by Crippen LogP contribution is 2.43. The van der Waals surface area contributed by atoms with Crippen LogP contribution in [0.5, 0.6) is 0 Å². The number of benzene rings is 3. The zero-order valence-corrected chi connectivity index (χ0v) is 27.3. The van der Waals surface area contributed by atoms with Crippen molar-refractivity contribution in [3.8, 4) is 0 Å². The lowest BCUT2D eigenvalue weighted by Gasteiger charge is -2.43. The van der Waals surface area contributed by atoms with E-state index in [-0.39, 0.29) is 37.8 Å². The van der Waals surface area contributed by atoms with Crippen molar-refractivity contribution in [2.75, 3.05) is 31.7 Å². The van der Waals surface area contributed by atoms with Gasteiger partial charge in [0.1, 0.15) is 12.6 Å². The molecular weight excluding hydrogens is 614 g/mol. The van der Waals surface area contributed by atoms with Gasteiger partial charge in [-0.2, -0.15) is 0 Å². The Bertz CT molecular complexity index is 1570. The molecule has 6 rings (SSSR count). The van der Waals surface area contributed by atoms with Gasteiger partial charge in [-0.15, -0.1) is 0 Å². The molecule has 254 valence electrons. The topological polar surface area (TPSA) is 127 Å². The van der Waals surface area contributed by atoms with Crippen LogP contribution in [0.4, 0.5) is 10.5 Å². The maximum Gasteiger partial charge on any atom is 0.408 e. The van der Waals surface area contributed by atoms with E-state index < -0.39 is 30.2 Å². The maximum absolute atomic E-state index is 13.4. The number of alkyl carbamates (subject to hydrolysis) is 1. The van der Waals surface area contributed by atoms with Gasteiger partial charge in [0.05, 0.1) is 37.5 Å². The number of carbonyl (C=O) groups excluding carboxylic acids is 3. The standard InChI is InChI=1S/C37H43N3O8/c1-24-32(20-39-17-7-12-30(39)23-45-2)47-36(48-34(24)27-15-13-25(21-41)14-16-27)28-10-6-11-29(18-28)40-33(42)19-31(35(40)43)38-37(44)46-22-26-8-4-3-5-9-26/h3-6,8-11,13-16,18,24,30-32,34,36,41H,7,12,17,19-23H2,1-2H3,(H,38,44)/t24-,30-,31?,32+,34+,36+/m0/s1. The quantitative estimate of drug-likeness (QED) is 0.284. The average molecular weight is 658 g/mol. The fraction of sp³-hybridized carbons (Fsp3) is 0.432. The monoisotopic (exact) mass is 657 g/mol.